The Bertz CT molecular complexity index is 3530. The van der Waals surface area contributed by atoms with Crippen LogP contribution in [0.3, 0.4) is 0 Å². The standard InChI is InChI=1S/C50H28N4O3/c1-4-12-41-35(9-1)37-21-19-31(26-44(37)55-41)34-23-24-40(46-39-11-3-6-14-43(39)57-47(34)46)50-53-48(30-17-15-29(16-18-30)33-8-7-25-51-28-33)52-49(54-50)32-20-22-38-36-10-2-5-13-42(36)56-45(38)27-32/h1-28H. The van der Waals surface area contributed by atoms with Crippen molar-refractivity contribution in [1.82, 2.24) is 19.9 Å². The van der Waals surface area contributed by atoms with Gasteiger partial charge in [-0.25, -0.2) is 15.0 Å². The molecule has 7 aromatic carbocycles. The van der Waals surface area contributed by atoms with E-state index in [4.69, 9.17) is 28.2 Å². The number of nitrogens with zero attached hydrogens (tertiary/aromatic N) is 4. The summed E-state index contributed by atoms with van der Waals surface area (Å²) >= 11 is 0. The fourth-order valence-electron chi connectivity index (χ4n) is 8.10. The monoisotopic (exact) mass is 732 g/mol. The van der Waals surface area contributed by atoms with Gasteiger partial charge < -0.3 is 13.3 Å². The summed E-state index contributed by atoms with van der Waals surface area (Å²) in [5.41, 5.74) is 11.4. The van der Waals surface area contributed by atoms with E-state index in [1.165, 1.54) is 0 Å². The van der Waals surface area contributed by atoms with Crippen molar-refractivity contribution in [2.45, 2.75) is 0 Å². The molecule has 0 atom stereocenters. The molecule has 0 amide bonds. The van der Waals surface area contributed by atoms with Crippen LogP contribution < -0.4 is 0 Å². The fraction of sp³-hybridized carbons (Fsp3) is 0. The Kier molecular flexibility index (Phi) is 6.79. The summed E-state index contributed by atoms with van der Waals surface area (Å²) in [6.07, 6.45) is 3.64. The Labute approximate surface area is 324 Å². The second-order valence-corrected chi connectivity index (χ2v) is 14.2. The van der Waals surface area contributed by atoms with Crippen LogP contribution in [0, 0.1) is 0 Å². The van der Waals surface area contributed by atoms with Gasteiger partial charge in [-0.1, -0.05) is 97.1 Å². The normalized spacial score (nSPS) is 11.9. The van der Waals surface area contributed by atoms with Gasteiger partial charge >= 0.3 is 0 Å². The molecule has 0 aliphatic rings. The van der Waals surface area contributed by atoms with E-state index in [2.05, 4.69) is 77.8 Å². The molecule has 57 heavy (non-hydrogen) atoms. The second-order valence-electron chi connectivity index (χ2n) is 14.2. The predicted octanol–water partition coefficient (Wildman–Crippen LogP) is 13.3. The van der Waals surface area contributed by atoms with Crippen LogP contribution in [0.2, 0.25) is 0 Å². The number of pyridine rings is 1. The lowest BCUT2D eigenvalue weighted by Crippen LogP contribution is -2.00. The maximum absolute atomic E-state index is 6.71. The van der Waals surface area contributed by atoms with Crippen molar-refractivity contribution < 1.29 is 13.3 Å². The summed E-state index contributed by atoms with van der Waals surface area (Å²) in [4.78, 5) is 19.8. The SMILES string of the molecule is c1cncc(-c2ccc(-c3nc(-c4ccc5c(c4)oc4ccccc45)nc(-c4ccc(-c5ccc6c(c5)oc5ccccc56)c5oc6ccccc6c45)n3)cc2)c1. The molecular formula is C50H28N4O3. The molecule has 7 heteroatoms. The van der Waals surface area contributed by atoms with Gasteiger partial charge in [0.15, 0.2) is 17.5 Å². The molecule has 0 bridgehead atoms. The molecule has 0 saturated carbocycles. The minimum absolute atomic E-state index is 0.534. The molecule has 0 saturated heterocycles. The van der Waals surface area contributed by atoms with E-state index >= 15 is 0 Å². The van der Waals surface area contributed by atoms with E-state index in [0.29, 0.717) is 17.5 Å². The lowest BCUT2D eigenvalue weighted by Gasteiger charge is -2.11. The van der Waals surface area contributed by atoms with Gasteiger partial charge in [-0.2, -0.15) is 0 Å². The molecule has 7 nitrogen and oxygen atoms in total. The van der Waals surface area contributed by atoms with E-state index in [1.807, 2.05) is 91.1 Å². The molecule has 0 spiro atoms. The number of fused-ring (bicyclic) bond motifs is 9. The summed E-state index contributed by atoms with van der Waals surface area (Å²) in [6, 6.07) is 53.3. The van der Waals surface area contributed by atoms with Gasteiger partial charge in [0, 0.05) is 67.0 Å². The molecule has 0 unspecified atom stereocenters. The van der Waals surface area contributed by atoms with Crippen molar-refractivity contribution >= 4 is 65.8 Å². The molecule has 12 aromatic rings. The van der Waals surface area contributed by atoms with Gasteiger partial charge in [0.25, 0.3) is 0 Å². The first-order valence-electron chi connectivity index (χ1n) is 18.8. The minimum atomic E-state index is 0.534. The zero-order valence-electron chi connectivity index (χ0n) is 30.2. The summed E-state index contributed by atoms with van der Waals surface area (Å²) in [5, 5.41) is 6.18. The summed E-state index contributed by atoms with van der Waals surface area (Å²) in [5.74, 6) is 1.62. The molecule has 5 aromatic heterocycles. The average molecular weight is 733 g/mol. The Morgan fingerprint density at radius 3 is 1.54 bits per heavy atom. The molecule has 0 aliphatic heterocycles. The van der Waals surface area contributed by atoms with Crippen LogP contribution in [-0.4, -0.2) is 19.9 Å². The van der Waals surface area contributed by atoms with E-state index in [0.717, 1.165) is 105 Å². The van der Waals surface area contributed by atoms with Crippen LogP contribution in [0.15, 0.2) is 183 Å². The van der Waals surface area contributed by atoms with Crippen LogP contribution in [0.25, 0.3) is 122 Å². The van der Waals surface area contributed by atoms with Gasteiger partial charge in [0.05, 0.1) is 0 Å². The first-order chi connectivity index (χ1) is 28.2. The van der Waals surface area contributed by atoms with Crippen LogP contribution in [0.1, 0.15) is 0 Å². The Morgan fingerprint density at radius 1 is 0.333 bits per heavy atom. The highest BCUT2D eigenvalue weighted by molar-refractivity contribution is 6.16. The number of hydrogen-bond acceptors (Lipinski definition) is 7. The predicted molar refractivity (Wildman–Crippen MR) is 227 cm³/mol. The summed E-state index contributed by atoms with van der Waals surface area (Å²) in [7, 11) is 0. The largest absolute Gasteiger partial charge is 0.456 e. The number of aromatic nitrogens is 4. The van der Waals surface area contributed by atoms with Crippen molar-refractivity contribution in [2.24, 2.45) is 0 Å². The Balaban J connectivity index is 1.07. The molecule has 12 rings (SSSR count). The second kappa shape index (κ2) is 12.3. The maximum Gasteiger partial charge on any atom is 0.164 e. The number of furan rings is 3. The molecule has 0 aliphatic carbocycles. The quantitative estimate of drug-likeness (QED) is 0.174. The number of rotatable bonds is 5. The van der Waals surface area contributed by atoms with Crippen LogP contribution in [0.5, 0.6) is 0 Å². The highest BCUT2D eigenvalue weighted by Gasteiger charge is 2.22. The molecule has 0 fully saturated rings. The smallest absolute Gasteiger partial charge is 0.164 e. The highest BCUT2D eigenvalue weighted by Crippen LogP contribution is 2.43. The van der Waals surface area contributed by atoms with Gasteiger partial charge in [-0.05, 0) is 77.4 Å². The minimum Gasteiger partial charge on any atom is -0.456 e. The van der Waals surface area contributed by atoms with Crippen molar-refractivity contribution in [3.05, 3.63) is 170 Å². The van der Waals surface area contributed by atoms with E-state index < -0.39 is 0 Å². The number of hydrogen-bond donors (Lipinski definition) is 0. The highest BCUT2D eigenvalue weighted by atomic mass is 16.3. The molecular weight excluding hydrogens is 705 g/mol. The Hall–Kier alpha value is -7.90. The lowest BCUT2D eigenvalue weighted by atomic mass is 9.97. The molecule has 0 radical (unpaired) electrons. The van der Waals surface area contributed by atoms with E-state index in [1.54, 1.807) is 6.20 Å². The molecule has 266 valence electrons. The van der Waals surface area contributed by atoms with Crippen molar-refractivity contribution in [1.29, 1.82) is 0 Å². The third kappa shape index (κ3) is 5.06. The first-order valence-corrected chi connectivity index (χ1v) is 18.8. The lowest BCUT2D eigenvalue weighted by molar-refractivity contribution is 0.668. The summed E-state index contributed by atoms with van der Waals surface area (Å²) < 4.78 is 19.3. The topological polar surface area (TPSA) is 91.0 Å². The van der Waals surface area contributed by atoms with Gasteiger partial charge in [-0.15, -0.1) is 0 Å². The zero-order chi connectivity index (χ0) is 37.5. The first kappa shape index (κ1) is 31.5. The number of benzene rings is 7. The Morgan fingerprint density at radius 2 is 0.860 bits per heavy atom. The molecule has 5 heterocycles. The van der Waals surface area contributed by atoms with Gasteiger partial charge in [0.1, 0.15) is 33.5 Å². The number of para-hydroxylation sites is 3. The van der Waals surface area contributed by atoms with Crippen molar-refractivity contribution in [3.8, 4) is 56.4 Å². The zero-order valence-corrected chi connectivity index (χ0v) is 30.2. The third-order valence-corrected chi connectivity index (χ3v) is 10.9. The third-order valence-electron chi connectivity index (χ3n) is 10.9. The fourth-order valence-corrected chi connectivity index (χ4v) is 8.10. The van der Waals surface area contributed by atoms with E-state index in [9.17, 15) is 0 Å². The van der Waals surface area contributed by atoms with Gasteiger partial charge in [-0.3, -0.25) is 4.98 Å². The van der Waals surface area contributed by atoms with Crippen molar-refractivity contribution in [3.63, 3.8) is 0 Å². The van der Waals surface area contributed by atoms with Crippen LogP contribution >= 0.6 is 0 Å². The van der Waals surface area contributed by atoms with Crippen molar-refractivity contribution in [2.75, 3.05) is 0 Å². The average Bonchev–Trinajstić information content (AvgIpc) is 3.97. The maximum atomic E-state index is 6.71. The van der Waals surface area contributed by atoms with Gasteiger partial charge in [0.2, 0.25) is 0 Å². The molecule has 0 N–H and O–H groups in total. The summed E-state index contributed by atoms with van der Waals surface area (Å²) in [6.45, 7) is 0. The van der Waals surface area contributed by atoms with Crippen LogP contribution in [0.4, 0.5) is 0 Å². The van der Waals surface area contributed by atoms with E-state index in [-0.39, 0.29) is 0 Å². The van der Waals surface area contributed by atoms with Crippen LogP contribution in [-0.2, 0) is 0 Å².